The van der Waals surface area contributed by atoms with Gasteiger partial charge in [-0.3, -0.25) is 4.79 Å². The molecule has 0 atom stereocenters. The van der Waals surface area contributed by atoms with E-state index in [0.29, 0.717) is 5.82 Å². The number of amides is 1. The van der Waals surface area contributed by atoms with E-state index in [9.17, 15) is 13.6 Å². The van der Waals surface area contributed by atoms with Gasteiger partial charge in [0, 0.05) is 17.6 Å². The van der Waals surface area contributed by atoms with Crippen molar-refractivity contribution in [1.82, 2.24) is 14.8 Å². The van der Waals surface area contributed by atoms with Crippen LogP contribution in [-0.2, 0) is 0 Å². The monoisotopic (exact) mass is 454 g/mol. The third kappa shape index (κ3) is 3.68. The molecule has 0 fully saturated rings. The standard InChI is InChI=1S/C17H13F2IN4O/c1-9-5-10(2)24(23-9)15-4-3-11(8-21-15)17(25)22-12-6-13(18)16(20)14(19)7-12/h3-8H,1-2H3,(H,22,25). The van der Waals surface area contributed by atoms with Gasteiger partial charge in [0.2, 0.25) is 0 Å². The lowest BCUT2D eigenvalue weighted by Gasteiger charge is -2.08. The molecule has 0 saturated heterocycles. The van der Waals surface area contributed by atoms with Crippen LogP contribution in [0.4, 0.5) is 14.5 Å². The molecule has 1 amide bonds. The summed E-state index contributed by atoms with van der Waals surface area (Å²) in [5.74, 6) is -1.39. The molecule has 0 aliphatic carbocycles. The van der Waals surface area contributed by atoms with Crippen LogP contribution in [0.5, 0.6) is 0 Å². The Morgan fingerprint density at radius 1 is 1.16 bits per heavy atom. The second-order valence-electron chi connectivity index (χ2n) is 5.45. The molecule has 0 unspecified atom stereocenters. The first-order valence-corrected chi connectivity index (χ1v) is 8.38. The zero-order chi connectivity index (χ0) is 18.1. The summed E-state index contributed by atoms with van der Waals surface area (Å²) in [5, 5.41) is 6.78. The molecule has 3 rings (SSSR count). The Hall–Kier alpha value is -2.36. The summed E-state index contributed by atoms with van der Waals surface area (Å²) in [5.41, 5.74) is 2.10. The van der Waals surface area contributed by atoms with E-state index in [0.717, 1.165) is 23.5 Å². The molecule has 0 saturated carbocycles. The molecule has 0 aliphatic heterocycles. The highest BCUT2D eigenvalue weighted by Crippen LogP contribution is 2.21. The van der Waals surface area contributed by atoms with Crippen LogP contribution in [0.2, 0.25) is 0 Å². The molecule has 0 bridgehead atoms. The summed E-state index contributed by atoms with van der Waals surface area (Å²) in [7, 11) is 0. The highest BCUT2D eigenvalue weighted by atomic mass is 127. The summed E-state index contributed by atoms with van der Waals surface area (Å²) in [4.78, 5) is 16.4. The summed E-state index contributed by atoms with van der Waals surface area (Å²) >= 11 is 1.56. The lowest BCUT2D eigenvalue weighted by molar-refractivity contribution is 0.102. The average molecular weight is 454 g/mol. The van der Waals surface area contributed by atoms with E-state index in [1.807, 2.05) is 19.9 Å². The number of halogens is 3. The number of pyridine rings is 1. The van der Waals surface area contributed by atoms with Crippen LogP contribution in [0.1, 0.15) is 21.7 Å². The van der Waals surface area contributed by atoms with Crippen molar-refractivity contribution in [2.75, 3.05) is 5.32 Å². The van der Waals surface area contributed by atoms with Gasteiger partial charge in [0.1, 0.15) is 11.6 Å². The molecule has 8 heteroatoms. The SMILES string of the molecule is Cc1cc(C)n(-c2ccc(C(=O)Nc3cc(F)c(I)c(F)c3)cn2)n1. The molecule has 2 aromatic heterocycles. The molecule has 1 N–H and O–H groups in total. The lowest BCUT2D eigenvalue weighted by atomic mass is 10.2. The Labute approximate surface area is 156 Å². The second kappa shape index (κ2) is 6.87. The average Bonchev–Trinajstić information content (AvgIpc) is 2.91. The predicted molar refractivity (Wildman–Crippen MR) is 97.9 cm³/mol. The van der Waals surface area contributed by atoms with Crippen molar-refractivity contribution in [3.05, 3.63) is 68.7 Å². The van der Waals surface area contributed by atoms with E-state index >= 15 is 0 Å². The Bertz CT molecular complexity index is 931. The number of carbonyl (C=O) groups excluding carboxylic acids is 1. The molecule has 0 aliphatic rings. The van der Waals surface area contributed by atoms with E-state index in [-0.39, 0.29) is 14.8 Å². The number of aromatic nitrogens is 3. The first kappa shape index (κ1) is 17.5. The maximum absolute atomic E-state index is 13.6. The summed E-state index contributed by atoms with van der Waals surface area (Å²) in [6.45, 7) is 3.78. The highest BCUT2D eigenvalue weighted by molar-refractivity contribution is 14.1. The molecule has 25 heavy (non-hydrogen) atoms. The van der Waals surface area contributed by atoms with Crippen LogP contribution in [0.25, 0.3) is 5.82 Å². The van der Waals surface area contributed by atoms with Crippen LogP contribution in [0.15, 0.2) is 36.5 Å². The Morgan fingerprint density at radius 2 is 1.84 bits per heavy atom. The summed E-state index contributed by atoms with van der Waals surface area (Å²) in [6.07, 6.45) is 1.39. The molecule has 0 radical (unpaired) electrons. The smallest absolute Gasteiger partial charge is 0.257 e. The van der Waals surface area contributed by atoms with Crippen LogP contribution in [-0.4, -0.2) is 20.7 Å². The van der Waals surface area contributed by atoms with Gasteiger partial charge in [0.15, 0.2) is 5.82 Å². The number of hydrogen-bond donors (Lipinski definition) is 1. The van der Waals surface area contributed by atoms with E-state index in [2.05, 4.69) is 15.4 Å². The van der Waals surface area contributed by atoms with E-state index in [1.165, 1.54) is 6.20 Å². The summed E-state index contributed by atoms with van der Waals surface area (Å²) < 4.78 is 28.7. The number of nitrogens with one attached hydrogen (secondary N) is 1. The number of carbonyl (C=O) groups is 1. The maximum Gasteiger partial charge on any atom is 0.257 e. The quantitative estimate of drug-likeness (QED) is 0.481. The Kier molecular flexibility index (Phi) is 4.80. The van der Waals surface area contributed by atoms with E-state index in [1.54, 1.807) is 39.4 Å². The number of rotatable bonds is 3. The minimum absolute atomic E-state index is 0.0445. The van der Waals surface area contributed by atoms with Gasteiger partial charge in [-0.15, -0.1) is 0 Å². The summed E-state index contributed by atoms with van der Waals surface area (Å²) in [6, 6.07) is 7.29. The van der Waals surface area contributed by atoms with Gasteiger partial charge in [-0.25, -0.2) is 18.4 Å². The molecule has 3 aromatic rings. The first-order valence-electron chi connectivity index (χ1n) is 7.31. The molecule has 1 aromatic carbocycles. The maximum atomic E-state index is 13.6. The molecule has 5 nitrogen and oxygen atoms in total. The largest absolute Gasteiger partial charge is 0.322 e. The van der Waals surface area contributed by atoms with Crippen molar-refractivity contribution in [2.24, 2.45) is 0 Å². The van der Waals surface area contributed by atoms with Crippen LogP contribution < -0.4 is 5.32 Å². The Morgan fingerprint density at radius 3 is 2.36 bits per heavy atom. The van der Waals surface area contributed by atoms with Crippen LogP contribution in [0, 0.1) is 29.1 Å². The number of aryl methyl sites for hydroxylation is 2. The minimum atomic E-state index is -0.728. The van der Waals surface area contributed by atoms with Crippen molar-refractivity contribution < 1.29 is 13.6 Å². The van der Waals surface area contributed by atoms with Crippen molar-refractivity contribution >= 4 is 34.2 Å². The fraction of sp³-hybridized carbons (Fsp3) is 0.118. The number of benzene rings is 1. The second-order valence-corrected chi connectivity index (χ2v) is 6.53. The normalized spacial score (nSPS) is 10.8. The first-order chi connectivity index (χ1) is 11.8. The molecular formula is C17H13F2IN4O. The minimum Gasteiger partial charge on any atom is -0.322 e. The van der Waals surface area contributed by atoms with Crippen molar-refractivity contribution in [1.29, 1.82) is 0 Å². The van der Waals surface area contributed by atoms with Crippen LogP contribution >= 0.6 is 22.6 Å². The number of nitrogens with zero attached hydrogens (tertiary/aromatic N) is 3. The lowest BCUT2D eigenvalue weighted by Crippen LogP contribution is -2.13. The van der Waals surface area contributed by atoms with E-state index < -0.39 is 17.5 Å². The fourth-order valence-corrected chi connectivity index (χ4v) is 2.65. The fourth-order valence-electron chi connectivity index (χ4n) is 2.34. The van der Waals surface area contributed by atoms with E-state index in [4.69, 9.17) is 0 Å². The van der Waals surface area contributed by atoms with Gasteiger partial charge in [-0.2, -0.15) is 5.10 Å². The zero-order valence-corrected chi connectivity index (χ0v) is 15.5. The van der Waals surface area contributed by atoms with Gasteiger partial charge in [-0.1, -0.05) is 0 Å². The molecule has 128 valence electrons. The topological polar surface area (TPSA) is 59.8 Å². The molecule has 0 spiro atoms. The van der Waals surface area contributed by atoms with Gasteiger partial charge < -0.3 is 5.32 Å². The van der Waals surface area contributed by atoms with Gasteiger partial charge >= 0.3 is 0 Å². The predicted octanol–water partition coefficient (Wildman–Crippen LogP) is 4.02. The molecular weight excluding hydrogens is 441 g/mol. The zero-order valence-electron chi connectivity index (χ0n) is 13.3. The number of anilines is 1. The van der Waals surface area contributed by atoms with Crippen molar-refractivity contribution in [3.8, 4) is 5.82 Å². The third-order valence-corrected chi connectivity index (χ3v) is 4.51. The van der Waals surface area contributed by atoms with Crippen molar-refractivity contribution in [2.45, 2.75) is 13.8 Å². The highest BCUT2D eigenvalue weighted by Gasteiger charge is 2.13. The van der Waals surface area contributed by atoms with Gasteiger partial charge in [-0.05, 0) is 66.8 Å². The molecule has 2 heterocycles. The Balaban J connectivity index is 1.80. The third-order valence-electron chi connectivity index (χ3n) is 3.48. The van der Waals surface area contributed by atoms with Gasteiger partial charge in [0.25, 0.3) is 5.91 Å². The van der Waals surface area contributed by atoms with Crippen LogP contribution in [0.3, 0.4) is 0 Å². The van der Waals surface area contributed by atoms with Gasteiger partial charge in [0.05, 0.1) is 14.8 Å². The van der Waals surface area contributed by atoms with Crippen molar-refractivity contribution in [3.63, 3.8) is 0 Å². The number of hydrogen-bond acceptors (Lipinski definition) is 3.